The van der Waals surface area contributed by atoms with Crippen LogP contribution in [0.1, 0.15) is 31.8 Å². The van der Waals surface area contributed by atoms with Crippen LogP contribution >= 0.6 is 11.8 Å². The summed E-state index contributed by atoms with van der Waals surface area (Å²) < 4.78 is 27.5. The number of amides is 1. The summed E-state index contributed by atoms with van der Waals surface area (Å²) in [6.45, 7) is 0.213. The van der Waals surface area contributed by atoms with Crippen LogP contribution in [-0.2, 0) is 10.0 Å². The maximum atomic E-state index is 13.4. The molecule has 1 aliphatic rings. The Labute approximate surface area is 223 Å². The third-order valence-electron chi connectivity index (χ3n) is 6.19. The highest BCUT2D eigenvalue weighted by atomic mass is 32.2. The molecule has 0 spiro atoms. The van der Waals surface area contributed by atoms with Gasteiger partial charge in [0.1, 0.15) is 6.07 Å². The van der Waals surface area contributed by atoms with Crippen molar-refractivity contribution in [1.82, 2.24) is 9.21 Å². The first-order chi connectivity index (χ1) is 18.2. The summed E-state index contributed by atoms with van der Waals surface area (Å²) in [6.07, 6.45) is 1.70. The fourth-order valence-electron chi connectivity index (χ4n) is 4.22. The Morgan fingerprint density at radius 3 is 2.24 bits per heavy atom. The number of nitro benzene ring substituents is 1. The minimum atomic E-state index is -3.93. The molecule has 1 amide bonds. The Morgan fingerprint density at radius 2 is 1.61 bits per heavy atom. The number of hydrogen-bond acceptors (Lipinski definition) is 8. The number of ketones is 1. The van der Waals surface area contributed by atoms with Gasteiger partial charge in [-0.05, 0) is 36.6 Å². The molecule has 0 radical (unpaired) electrons. The van der Waals surface area contributed by atoms with Crippen LogP contribution < -0.4 is 0 Å². The first-order valence-electron chi connectivity index (χ1n) is 11.4. The number of nitriles is 1. The average Bonchev–Trinajstić information content (AvgIpc) is 2.96. The quantitative estimate of drug-likeness (QED) is 0.188. The molecule has 3 aromatic rings. The first-order valence-corrected chi connectivity index (χ1v) is 14.1. The van der Waals surface area contributed by atoms with E-state index in [1.54, 1.807) is 30.5 Å². The molecule has 1 saturated heterocycles. The lowest BCUT2D eigenvalue weighted by Crippen LogP contribution is -2.50. The van der Waals surface area contributed by atoms with E-state index >= 15 is 0 Å². The number of thioether (sulfide) groups is 1. The van der Waals surface area contributed by atoms with E-state index in [-0.39, 0.29) is 59.0 Å². The van der Waals surface area contributed by atoms with E-state index in [0.29, 0.717) is 4.90 Å². The lowest BCUT2D eigenvalue weighted by molar-refractivity contribution is -0.387. The molecule has 3 aromatic carbocycles. The van der Waals surface area contributed by atoms with Gasteiger partial charge < -0.3 is 4.90 Å². The van der Waals surface area contributed by atoms with Crippen LogP contribution in [-0.4, -0.2) is 66.7 Å². The number of sulfonamides is 1. The van der Waals surface area contributed by atoms with E-state index in [1.807, 2.05) is 6.07 Å². The largest absolute Gasteiger partial charge is 0.336 e. The van der Waals surface area contributed by atoms with Gasteiger partial charge >= 0.3 is 0 Å². The van der Waals surface area contributed by atoms with E-state index in [2.05, 4.69) is 0 Å². The molecule has 1 fully saturated rings. The first kappa shape index (κ1) is 27.0. The molecule has 1 aliphatic heterocycles. The number of nitrogens with zero attached hydrogens (tertiary/aromatic N) is 4. The Kier molecular flexibility index (Phi) is 7.91. The van der Waals surface area contributed by atoms with Crippen LogP contribution in [0.5, 0.6) is 0 Å². The number of benzene rings is 3. The SMILES string of the molecule is CSc1ccc(C(=O)c2ccccc2C(=O)N2CCN(S(=O)(=O)c3ccccc3C#N)CC2)cc1[N+](=O)[O-]. The second kappa shape index (κ2) is 11.1. The second-order valence-electron chi connectivity index (χ2n) is 8.32. The fraction of sp³-hybridized carbons (Fsp3) is 0.192. The summed E-state index contributed by atoms with van der Waals surface area (Å²) in [7, 11) is -3.93. The van der Waals surface area contributed by atoms with Gasteiger partial charge in [0.2, 0.25) is 10.0 Å². The maximum Gasteiger partial charge on any atom is 0.283 e. The van der Waals surface area contributed by atoms with Crippen molar-refractivity contribution in [3.8, 4) is 6.07 Å². The van der Waals surface area contributed by atoms with Crippen molar-refractivity contribution in [2.24, 2.45) is 0 Å². The highest BCUT2D eigenvalue weighted by Crippen LogP contribution is 2.30. The summed E-state index contributed by atoms with van der Waals surface area (Å²) in [6, 6.07) is 18.3. The van der Waals surface area contributed by atoms with Gasteiger partial charge in [-0.1, -0.05) is 30.3 Å². The summed E-state index contributed by atoms with van der Waals surface area (Å²) in [4.78, 5) is 39.4. The van der Waals surface area contributed by atoms with Crippen LogP contribution in [0.25, 0.3) is 0 Å². The monoisotopic (exact) mass is 550 g/mol. The second-order valence-corrected chi connectivity index (χ2v) is 11.1. The highest BCUT2D eigenvalue weighted by Gasteiger charge is 2.33. The molecule has 12 heteroatoms. The van der Waals surface area contributed by atoms with Crippen LogP contribution in [0.2, 0.25) is 0 Å². The van der Waals surface area contributed by atoms with Gasteiger partial charge in [0.05, 0.1) is 25.8 Å². The minimum Gasteiger partial charge on any atom is -0.336 e. The number of carbonyl (C=O) groups excluding carboxylic acids is 2. The van der Waals surface area contributed by atoms with Crippen LogP contribution in [0.15, 0.2) is 76.5 Å². The zero-order valence-corrected chi connectivity index (χ0v) is 21.9. The molecule has 38 heavy (non-hydrogen) atoms. The van der Waals surface area contributed by atoms with Crippen LogP contribution in [0.3, 0.4) is 0 Å². The lowest BCUT2D eigenvalue weighted by atomic mass is 9.97. The van der Waals surface area contributed by atoms with Crippen molar-refractivity contribution < 1.29 is 22.9 Å². The van der Waals surface area contributed by atoms with E-state index in [1.165, 1.54) is 63.4 Å². The van der Waals surface area contributed by atoms with Gasteiger partial charge in [0.25, 0.3) is 11.6 Å². The molecule has 0 aromatic heterocycles. The minimum absolute atomic E-state index is 0.0201. The average molecular weight is 551 g/mol. The van der Waals surface area contributed by atoms with Crippen molar-refractivity contribution in [3.05, 3.63) is 99.1 Å². The normalized spacial score (nSPS) is 14.1. The van der Waals surface area contributed by atoms with Gasteiger partial charge in [-0.3, -0.25) is 19.7 Å². The molecule has 194 valence electrons. The maximum absolute atomic E-state index is 13.4. The third kappa shape index (κ3) is 5.17. The number of carbonyl (C=O) groups is 2. The molecule has 0 aliphatic carbocycles. The number of hydrogen-bond donors (Lipinski definition) is 0. The van der Waals surface area contributed by atoms with Crippen LogP contribution in [0, 0.1) is 21.4 Å². The molecule has 0 saturated carbocycles. The molecule has 4 rings (SSSR count). The predicted molar refractivity (Wildman–Crippen MR) is 141 cm³/mol. The molecular formula is C26H22N4O6S2. The van der Waals surface area contributed by atoms with E-state index in [0.717, 1.165) is 0 Å². The van der Waals surface area contributed by atoms with Crippen molar-refractivity contribution in [1.29, 1.82) is 5.26 Å². The zero-order valence-electron chi connectivity index (χ0n) is 20.2. The molecule has 0 bridgehead atoms. The Morgan fingerprint density at radius 1 is 0.974 bits per heavy atom. The lowest BCUT2D eigenvalue weighted by Gasteiger charge is -2.34. The molecule has 0 N–H and O–H groups in total. The smallest absolute Gasteiger partial charge is 0.283 e. The van der Waals surface area contributed by atoms with Crippen molar-refractivity contribution >= 4 is 39.2 Å². The van der Waals surface area contributed by atoms with Gasteiger partial charge in [-0.25, -0.2) is 8.42 Å². The molecular weight excluding hydrogens is 528 g/mol. The topological polar surface area (TPSA) is 142 Å². The van der Waals surface area contributed by atoms with E-state index in [9.17, 15) is 33.4 Å². The third-order valence-corrected chi connectivity index (χ3v) is 8.93. The summed E-state index contributed by atoms with van der Waals surface area (Å²) in [5, 5.41) is 20.7. The Balaban J connectivity index is 1.55. The number of rotatable bonds is 7. The van der Waals surface area contributed by atoms with E-state index < -0.39 is 26.6 Å². The van der Waals surface area contributed by atoms with E-state index in [4.69, 9.17) is 0 Å². The van der Waals surface area contributed by atoms with Crippen molar-refractivity contribution in [2.75, 3.05) is 32.4 Å². The Bertz CT molecular complexity index is 1570. The summed E-state index contributed by atoms with van der Waals surface area (Å²) >= 11 is 1.19. The van der Waals surface area contributed by atoms with Gasteiger partial charge in [-0.15, -0.1) is 11.8 Å². The summed E-state index contributed by atoms with van der Waals surface area (Å²) in [5.74, 6) is -0.974. The van der Waals surface area contributed by atoms with Gasteiger partial charge in [0.15, 0.2) is 5.78 Å². The zero-order chi connectivity index (χ0) is 27.4. The molecule has 0 atom stereocenters. The molecule has 10 nitrogen and oxygen atoms in total. The Hall–Kier alpha value is -4.05. The van der Waals surface area contributed by atoms with Gasteiger partial charge in [0, 0.05) is 43.4 Å². The number of nitro groups is 1. The van der Waals surface area contributed by atoms with Gasteiger partial charge in [-0.2, -0.15) is 9.57 Å². The van der Waals surface area contributed by atoms with Crippen molar-refractivity contribution in [2.45, 2.75) is 9.79 Å². The molecule has 0 unspecified atom stereocenters. The predicted octanol–water partition coefficient (Wildman–Crippen LogP) is 3.57. The highest BCUT2D eigenvalue weighted by molar-refractivity contribution is 7.98. The fourth-order valence-corrected chi connectivity index (χ4v) is 6.33. The van der Waals surface area contributed by atoms with Crippen LogP contribution in [0.4, 0.5) is 5.69 Å². The standard InChI is InChI=1S/C26H22N4O6S2/c1-37-23-11-10-18(16-22(23)30(33)34)25(31)20-7-3-4-8-21(20)26(32)28-12-14-29(15-13-28)38(35,36)24-9-5-2-6-19(24)17-27/h2-11,16H,12-15H2,1H3. The summed E-state index contributed by atoms with van der Waals surface area (Å²) in [5.41, 5.74) is 0.162. The number of piperazine rings is 1. The van der Waals surface area contributed by atoms with Crippen molar-refractivity contribution in [3.63, 3.8) is 0 Å². The molecule has 1 heterocycles.